The summed E-state index contributed by atoms with van der Waals surface area (Å²) in [7, 11) is -3.66. The Bertz CT molecular complexity index is 761. The van der Waals surface area contributed by atoms with Crippen LogP contribution in [0.15, 0.2) is 29.2 Å². The van der Waals surface area contributed by atoms with E-state index in [-0.39, 0.29) is 17.6 Å². The van der Waals surface area contributed by atoms with E-state index in [0.717, 1.165) is 0 Å². The number of piperidine rings is 1. The quantitative estimate of drug-likeness (QED) is 0.758. The molecule has 0 aliphatic carbocycles. The Labute approximate surface area is 148 Å². The highest BCUT2D eigenvalue weighted by molar-refractivity contribution is 7.89. The van der Waals surface area contributed by atoms with Crippen molar-refractivity contribution >= 4 is 16.1 Å². The average molecular weight is 368 g/mol. The zero-order chi connectivity index (χ0) is 18.3. The Morgan fingerprint density at radius 2 is 1.88 bits per heavy atom. The molecule has 1 spiro atoms. The monoisotopic (exact) mass is 368 g/mol. The molecule has 25 heavy (non-hydrogen) atoms. The Balaban J connectivity index is 1.73. The van der Waals surface area contributed by atoms with E-state index in [0.29, 0.717) is 31.7 Å². The van der Waals surface area contributed by atoms with Crippen LogP contribution in [0, 0.1) is 0 Å². The first-order valence-corrected chi connectivity index (χ1v) is 9.82. The minimum atomic E-state index is -3.66. The molecule has 2 aliphatic heterocycles. The largest absolute Gasteiger partial charge is 0.490 e. The molecule has 0 unspecified atom stereocenters. The number of rotatable bonds is 0. The Morgan fingerprint density at radius 3 is 2.52 bits per heavy atom. The van der Waals surface area contributed by atoms with Crippen LogP contribution >= 0.6 is 0 Å². The molecule has 7 nitrogen and oxygen atoms in total. The average Bonchev–Trinajstić information content (AvgIpc) is 2.62. The highest BCUT2D eigenvalue weighted by Gasteiger charge is 2.43. The zero-order valence-electron chi connectivity index (χ0n) is 14.7. The van der Waals surface area contributed by atoms with Crippen LogP contribution in [0.25, 0.3) is 0 Å². The molecule has 1 saturated heterocycles. The zero-order valence-corrected chi connectivity index (χ0v) is 15.6. The molecule has 1 aromatic rings. The van der Waals surface area contributed by atoms with Crippen LogP contribution in [0.2, 0.25) is 0 Å². The van der Waals surface area contributed by atoms with Crippen LogP contribution in [-0.4, -0.2) is 50.2 Å². The standard InChI is InChI=1S/C17H24N2O5S/c1-16(2,3)24-15(20)19-10-8-17(9-11-19)12-23-13-6-4-5-7-14(13)25(21,22)18-17/h4-7,18H,8-12H2,1-3H3. The van der Waals surface area contributed by atoms with Gasteiger partial charge in [0.15, 0.2) is 0 Å². The van der Waals surface area contributed by atoms with Crippen LogP contribution in [0.5, 0.6) is 5.75 Å². The molecule has 0 radical (unpaired) electrons. The summed E-state index contributed by atoms with van der Waals surface area (Å²) in [6.07, 6.45) is 0.571. The molecule has 1 fully saturated rings. The molecule has 2 heterocycles. The summed E-state index contributed by atoms with van der Waals surface area (Å²) in [5, 5.41) is 0. The second kappa shape index (κ2) is 6.17. The summed E-state index contributed by atoms with van der Waals surface area (Å²) in [4.78, 5) is 14.0. The fraction of sp³-hybridized carbons (Fsp3) is 0.588. The highest BCUT2D eigenvalue weighted by Crippen LogP contribution is 2.33. The van der Waals surface area contributed by atoms with E-state index in [4.69, 9.17) is 9.47 Å². The fourth-order valence-electron chi connectivity index (χ4n) is 3.07. The van der Waals surface area contributed by atoms with Crippen LogP contribution in [0.3, 0.4) is 0 Å². The van der Waals surface area contributed by atoms with Crippen molar-refractivity contribution in [1.82, 2.24) is 9.62 Å². The number of hydrogen-bond acceptors (Lipinski definition) is 5. The normalized spacial score (nSPS) is 21.8. The topological polar surface area (TPSA) is 84.9 Å². The number of nitrogens with zero attached hydrogens (tertiary/aromatic N) is 1. The van der Waals surface area contributed by atoms with Gasteiger partial charge in [-0.3, -0.25) is 0 Å². The number of nitrogens with one attached hydrogen (secondary N) is 1. The number of carbonyl (C=O) groups excluding carboxylic acids is 1. The summed E-state index contributed by atoms with van der Waals surface area (Å²) in [5.41, 5.74) is -1.27. The number of benzene rings is 1. The predicted octanol–water partition coefficient (Wildman–Crippen LogP) is 2.13. The molecule has 1 N–H and O–H groups in total. The van der Waals surface area contributed by atoms with Gasteiger partial charge in [0.2, 0.25) is 10.0 Å². The number of ether oxygens (including phenoxy) is 2. The molecule has 0 bridgehead atoms. The van der Waals surface area contributed by atoms with Crippen molar-refractivity contribution in [1.29, 1.82) is 0 Å². The second-order valence-electron chi connectivity index (χ2n) is 7.59. The van der Waals surface area contributed by atoms with Crippen molar-refractivity contribution in [3.8, 4) is 5.75 Å². The van der Waals surface area contributed by atoms with Gasteiger partial charge in [-0.15, -0.1) is 0 Å². The lowest BCUT2D eigenvalue weighted by Gasteiger charge is -2.40. The van der Waals surface area contributed by atoms with E-state index in [2.05, 4.69) is 4.72 Å². The lowest BCUT2D eigenvalue weighted by Crippen LogP contribution is -2.58. The Morgan fingerprint density at radius 1 is 1.24 bits per heavy atom. The van der Waals surface area contributed by atoms with E-state index in [1.54, 1.807) is 23.1 Å². The van der Waals surface area contributed by atoms with Gasteiger partial charge in [-0.05, 0) is 45.7 Å². The molecule has 3 rings (SSSR count). The van der Waals surface area contributed by atoms with Gasteiger partial charge in [-0.1, -0.05) is 12.1 Å². The summed E-state index contributed by atoms with van der Waals surface area (Å²) in [5.74, 6) is 0.362. The molecule has 0 atom stereocenters. The van der Waals surface area contributed by atoms with Gasteiger partial charge in [-0.2, -0.15) is 0 Å². The summed E-state index contributed by atoms with van der Waals surface area (Å²) < 4.78 is 39.3. The molecule has 8 heteroatoms. The maximum absolute atomic E-state index is 12.7. The molecule has 1 amide bonds. The number of hydrogen-bond donors (Lipinski definition) is 1. The first-order valence-electron chi connectivity index (χ1n) is 8.34. The number of amides is 1. The molecule has 138 valence electrons. The molecule has 0 aromatic heterocycles. The van der Waals surface area contributed by atoms with E-state index in [1.807, 2.05) is 20.8 Å². The van der Waals surface area contributed by atoms with Gasteiger partial charge in [0.1, 0.15) is 22.9 Å². The number of carbonyl (C=O) groups is 1. The van der Waals surface area contributed by atoms with Gasteiger partial charge < -0.3 is 14.4 Å². The smallest absolute Gasteiger partial charge is 0.410 e. The van der Waals surface area contributed by atoms with E-state index >= 15 is 0 Å². The molecule has 1 aromatic carbocycles. The first kappa shape index (κ1) is 18.0. The third kappa shape index (κ3) is 3.90. The van der Waals surface area contributed by atoms with Crippen molar-refractivity contribution in [2.24, 2.45) is 0 Å². The van der Waals surface area contributed by atoms with E-state index in [9.17, 15) is 13.2 Å². The molecule has 0 saturated carbocycles. The lowest BCUT2D eigenvalue weighted by atomic mass is 9.89. The van der Waals surface area contributed by atoms with Crippen LogP contribution in [0.4, 0.5) is 4.79 Å². The van der Waals surface area contributed by atoms with Gasteiger partial charge in [0.05, 0.1) is 5.54 Å². The number of para-hydroxylation sites is 1. The van der Waals surface area contributed by atoms with Gasteiger partial charge in [-0.25, -0.2) is 17.9 Å². The third-order valence-electron chi connectivity index (χ3n) is 4.37. The van der Waals surface area contributed by atoms with Crippen LogP contribution < -0.4 is 9.46 Å². The summed E-state index contributed by atoms with van der Waals surface area (Å²) in [6.45, 7) is 6.53. The summed E-state index contributed by atoms with van der Waals surface area (Å²) in [6, 6.07) is 6.61. The number of fused-ring (bicyclic) bond motifs is 1. The first-order chi connectivity index (χ1) is 11.6. The van der Waals surface area contributed by atoms with Gasteiger partial charge >= 0.3 is 6.09 Å². The Kier molecular flexibility index (Phi) is 4.45. The Hall–Kier alpha value is -1.80. The molecular weight excluding hydrogens is 344 g/mol. The second-order valence-corrected chi connectivity index (χ2v) is 9.24. The SMILES string of the molecule is CC(C)(C)OC(=O)N1CCC2(CC1)COc1ccccc1S(=O)(=O)N2. The number of sulfonamides is 1. The van der Waals surface area contributed by atoms with E-state index < -0.39 is 21.2 Å². The van der Waals surface area contributed by atoms with Crippen molar-refractivity contribution in [2.45, 2.75) is 49.6 Å². The lowest BCUT2D eigenvalue weighted by molar-refractivity contribution is 0.0130. The minimum absolute atomic E-state index is 0.154. The van der Waals surface area contributed by atoms with Crippen LogP contribution in [-0.2, 0) is 14.8 Å². The van der Waals surface area contributed by atoms with E-state index in [1.165, 1.54) is 6.07 Å². The van der Waals surface area contributed by atoms with Gasteiger partial charge in [0, 0.05) is 13.1 Å². The van der Waals surface area contributed by atoms with Crippen molar-refractivity contribution in [3.05, 3.63) is 24.3 Å². The summed E-state index contributed by atoms with van der Waals surface area (Å²) >= 11 is 0. The minimum Gasteiger partial charge on any atom is -0.490 e. The number of likely N-dealkylation sites (tertiary alicyclic amines) is 1. The van der Waals surface area contributed by atoms with Crippen LogP contribution in [0.1, 0.15) is 33.6 Å². The van der Waals surface area contributed by atoms with Crippen molar-refractivity contribution in [3.63, 3.8) is 0 Å². The predicted molar refractivity (Wildman–Crippen MR) is 92.0 cm³/mol. The highest BCUT2D eigenvalue weighted by atomic mass is 32.2. The van der Waals surface area contributed by atoms with Gasteiger partial charge in [0.25, 0.3) is 0 Å². The fourth-order valence-corrected chi connectivity index (χ4v) is 4.66. The molecule has 2 aliphatic rings. The van der Waals surface area contributed by atoms with Crippen molar-refractivity contribution < 1.29 is 22.7 Å². The van der Waals surface area contributed by atoms with Crippen molar-refractivity contribution in [2.75, 3.05) is 19.7 Å². The maximum atomic E-state index is 12.7. The molecular formula is C17H24N2O5S. The third-order valence-corrected chi connectivity index (χ3v) is 5.98. The maximum Gasteiger partial charge on any atom is 0.410 e.